The second-order valence-corrected chi connectivity index (χ2v) is 3.55. The topological polar surface area (TPSA) is 75.6 Å². The number of aromatic nitrogens is 2. The van der Waals surface area contributed by atoms with Crippen LogP contribution in [0.25, 0.3) is 0 Å². The number of ether oxygens (including phenoxy) is 1. The second kappa shape index (κ2) is 5.00. The highest BCUT2D eigenvalue weighted by atomic mass is 16.5. The molecular weight excluding hydrogens is 210 g/mol. The smallest absolute Gasteiger partial charge is 0.257 e. The van der Waals surface area contributed by atoms with Crippen LogP contribution in [0, 0.1) is 0 Å². The molecule has 1 aromatic heterocycles. The summed E-state index contributed by atoms with van der Waals surface area (Å²) in [6.07, 6.45) is 4.06. The van der Waals surface area contributed by atoms with Crippen molar-refractivity contribution in [3.8, 4) is 0 Å². The van der Waals surface area contributed by atoms with Gasteiger partial charge in [-0.2, -0.15) is 0 Å². The van der Waals surface area contributed by atoms with E-state index in [0.717, 1.165) is 0 Å². The summed E-state index contributed by atoms with van der Waals surface area (Å²) in [4.78, 5) is 21.2. The Morgan fingerprint density at radius 1 is 1.56 bits per heavy atom. The summed E-state index contributed by atoms with van der Waals surface area (Å²) in [5, 5.41) is 8.97. The summed E-state index contributed by atoms with van der Waals surface area (Å²) in [6, 6.07) is 0. The molecule has 1 atom stereocenters. The number of hydrogen-bond acceptors (Lipinski definition) is 5. The van der Waals surface area contributed by atoms with Crippen molar-refractivity contribution in [1.82, 2.24) is 14.9 Å². The lowest BCUT2D eigenvalue weighted by atomic mass is 10.2. The zero-order valence-corrected chi connectivity index (χ0v) is 8.74. The van der Waals surface area contributed by atoms with E-state index < -0.39 is 0 Å². The summed E-state index contributed by atoms with van der Waals surface area (Å²) in [5.41, 5.74) is 0.459. The predicted molar refractivity (Wildman–Crippen MR) is 54.8 cm³/mol. The van der Waals surface area contributed by atoms with E-state index in [-0.39, 0.29) is 18.6 Å². The van der Waals surface area contributed by atoms with Crippen molar-refractivity contribution in [1.29, 1.82) is 0 Å². The van der Waals surface area contributed by atoms with E-state index in [9.17, 15) is 4.79 Å². The van der Waals surface area contributed by atoms with Gasteiger partial charge in [0.1, 0.15) is 6.33 Å². The first-order valence-corrected chi connectivity index (χ1v) is 5.08. The highest BCUT2D eigenvalue weighted by Crippen LogP contribution is 2.08. The number of rotatable bonds is 2. The minimum Gasteiger partial charge on any atom is -0.394 e. The number of carbonyl (C=O) groups excluding carboxylic acids is 1. The van der Waals surface area contributed by atoms with Gasteiger partial charge in [-0.15, -0.1) is 0 Å². The molecule has 2 rings (SSSR count). The van der Waals surface area contributed by atoms with Crippen LogP contribution in [0.3, 0.4) is 0 Å². The van der Waals surface area contributed by atoms with E-state index in [1.165, 1.54) is 18.7 Å². The molecule has 1 aromatic rings. The van der Waals surface area contributed by atoms with Crippen LogP contribution in [0.4, 0.5) is 0 Å². The predicted octanol–water partition coefficient (Wildman–Crippen LogP) is -0.690. The lowest BCUT2D eigenvalue weighted by Crippen LogP contribution is -2.46. The summed E-state index contributed by atoms with van der Waals surface area (Å²) in [7, 11) is 0. The fourth-order valence-corrected chi connectivity index (χ4v) is 1.61. The normalized spacial score (nSPS) is 20.8. The average Bonchev–Trinajstić information content (AvgIpc) is 2.39. The van der Waals surface area contributed by atoms with Crippen molar-refractivity contribution in [2.75, 3.05) is 26.3 Å². The van der Waals surface area contributed by atoms with E-state index in [4.69, 9.17) is 9.84 Å². The van der Waals surface area contributed by atoms with E-state index in [2.05, 4.69) is 9.97 Å². The number of carbonyl (C=O) groups is 1. The van der Waals surface area contributed by atoms with Crippen molar-refractivity contribution in [3.05, 3.63) is 24.3 Å². The van der Waals surface area contributed by atoms with Crippen LogP contribution < -0.4 is 0 Å². The Bertz CT molecular complexity index is 358. The molecule has 1 aliphatic rings. The van der Waals surface area contributed by atoms with Gasteiger partial charge in [0.2, 0.25) is 0 Å². The molecule has 0 aliphatic carbocycles. The van der Waals surface area contributed by atoms with Crippen molar-refractivity contribution < 1.29 is 14.6 Å². The Balaban J connectivity index is 2.05. The number of amides is 1. The molecule has 0 bridgehead atoms. The molecule has 1 saturated heterocycles. The largest absolute Gasteiger partial charge is 0.394 e. The lowest BCUT2D eigenvalue weighted by molar-refractivity contribution is -0.0447. The van der Waals surface area contributed by atoms with E-state index in [1.807, 2.05) is 0 Å². The number of morpholine rings is 1. The van der Waals surface area contributed by atoms with Crippen LogP contribution in [0.2, 0.25) is 0 Å². The molecule has 1 fully saturated rings. The Morgan fingerprint density at radius 2 is 2.31 bits per heavy atom. The van der Waals surface area contributed by atoms with Crippen LogP contribution in [0.1, 0.15) is 10.4 Å². The van der Waals surface area contributed by atoms with Crippen molar-refractivity contribution in [2.45, 2.75) is 6.10 Å². The van der Waals surface area contributed by atoms with Crippen LogP contribution in [-0.4, -0.2) is 58.3 Å². The van der Waals surface area contributed by atoms with Crippen LogP contribution in [0.15, 0.2) is 18.7 Å². The molecule has 0 saturated carbocycles. The Kier molecular flexibility index (Phi) is 3.43. The van der Waals surface area contributed by atoms with Gasteiger partial charge in [0.15, 0.2) is 0 Å². The zero-order valence-electron chi connectivity index (χ0n) is 8.74. The minimum absolute atomic E-state index is 0.0743. The summed E-state index contributed by atoms with van der Waals surface area (Å²) < 4.78 is 5.27. The molecule has 0 aromatic carbocycles. The maximum Gasteiger partial charge on any atom is 0.257 e. The Labute approximate surface area is 92.9 Å². The lowest BCUT2D eigenvalue weighted by Gasteiger charge is -2.31. The van der Waals surface area contributed by atoms with Crippen molar-refractivity contribution in [3.63, 3.8) is 0 Å². The number of aliphatic hydroxyl groups is 1. The molecule has 16 heavy (non-hydrogen) atoms. The molecule has 86 valence electrons. The monoisotopic (exact) mass is 223 g/mol. The number of aliphatic hydroxyl groups excluding tert-OH is 1. The average molecular weight is 223 g/mol. The van der Waals surface area contributed by atoms with Crippen molar-refractivity contribution in [2.24, 2.45) is 0 Å². The Morgan fingerprint density at radius 3 is 3.00 bits per heavy atom. The third-order valence-corrected chi connectivity index (χ3v) is 2.44. The number of nitrogens with zero attached hydrogens (tertiary/aromatic N) is 3. The first-order chi connectivity index (χ1) is 7.81. The first kappa shape index (κ1) is 11.0. The standard InChI is InChI=1S/C10H13N3O3/c14-6-9-5-13(1-2-16-9)10(15)8-3-11-7-12-4-8/h3-4,7,9,14H,1-2,5-6H2. The Hall–Kier alpha value is -1.53. The van der Waals surface area contributed by atoms with Gasteiger partial charge in [-0.1, -0.05) is 0 Å². The van der Waals surface area contributed by atoms with Gasteiger partial charge in [0.05, 0.1) is 24.9 Å². The fourth-order valence-electron chi connectivity index (χ4n) is 1.61. The molecular formula is C10H13N3O3. The van der Waals surface area contributed by atoms with E-state index in [1.54, 1.807) is 4.90 Å². The van der Waals surface area contributed by atoms with Gasteiger partial charge in [-0.3, -0.25) is 4.79 Å². The van der Waals surface area contributed by atoms with Gasteiger partial charge in [0.25, 0.3) is 5.91 Å². The van der Waals surface area contributed by atoms with Crippen LogP contribution >= 0.6 is 0 Å². The summed E-state index contributed by atoms with van der Waals surface area (Å²) in [5.74, 6) is -0.123. The van der Waals surface area contributed by atoms with E-state index in [0.29, 0.717) is 25.3 Å². The van der Waals surface area contributed by atoms with Gasteiger partial charge < -0.3 is 14.7 Å². The molecule has 6 nitrogen and oxygen atoms in total. The highest BCUT2D eigenvalue weighted by Gasteiger charge is 2.24. The van der Waals surface area contributed by atoms with Crippen LogP contribution in [-0.2, 0) is 4.74 Å². The van der Waals surface area contributed by atoms with Gasteiger partial charge in [0, 0.05) is 25.5 Å². The van der Waals surface area contributed by atoms with Gasteiger partial charge in [-0.05, 0) is 0 Å². The molecule has 1 N–H and O–H groups in total. The molecule has 6 heteroatoms. The summed E-state index contributed by atoms with van der Waals surface area (Å²) >= 11 is 0. The minimum atomic E-state index is -0.290. The fraction of sp³-hybridized carbons (Fsp3) is 0.500. The quantitative estimate of drug-likeness (QED) is 0.718. The molecule has 1 aliphatic heterocycles. The van der Waals surface area contributed by atoms with Gasteiger partial charge in [-0.25, -0.2) is 9.97 Å². The molecule has 2 heterocycles. The molecule has 1 unspecified atom stereocenters. The van der Waals surface area contributed by atoms with E-state index >= 15 is 0 Å². The SMILES string of the molecule is O=C(c1cncnc1)N1CCOC(CO)C1. The summed E-state index contributed by atoms with van der Waals surface area (Å²) in [6.45, 7) is 1.31. The van der Waals surface area contributed by atoms with Crippen LogP contribution in [0.5, 0.6) is 0 Å². The number of hydrogen-bond donors (Lipinski definition) is 1. The molecule has 0 spiro atoms. The molecule has 1 amide bonds. The third kappa shape index (κ3) is 2.34. The maximum atomic E-state index is 12.0. The maximum absolute atomic E-state index is 12.0. The second-order valence-electron chi connectivity index (χ2n) is 3.55. The van der Waals surface area contributed by atoms with Crippen molar-refractivity contribution >= 4 is 5.91 Å². The highest BCUT2D eigenvalue weighted by molar-refractivity contribution is 5.93. The van der Waals surface area contributed by atoms with Gasteiger partial charge >= 0.3 is 0 Å². The molecule has 0 radical (unpaired) electrons. The first-order valence-electron chi connectivity index (χ1n) is 5.08. The zero-order chi connectivity index (χ0) is 11.4. The third-order valence-electron chi connectivity index (χ3n) is 2.44.